The molecule has 4 heteroatoms. The summed E-state index contributed by atoms with van der Waals surface area (Å²) in [5, 5.41) is 11.5. The van der Waals surface area contributed by atoms with Gasteiger partial charge in [0.1, 0.15) is 0 Å². The summed E-state index contributed by atoms with van der Waals surface area (Å²) in [6.07, 6.45) is 0.332. The first-order chi connectivity index (χ1) is 6.31. The van der Waals surface area contributed by atoms with Crippen molar-refractivity contribution < 1.29 is 14.7 Å². The van der Waals surface area contributed by atoms with Crippen LogP contribution < -0.4 is 5.32 Å². The van der Waals surface area contributed by atoms with Gasteiger partial charge in [0.05, 0.1) is 6.42 Å². The van der Waals surface area contributed by atoms with Gasteiger partial charge in [0.25, 0.3) is 0 Å². The summed E-state index contributed by atoms with van der Waals surface area (Å²) in [6.45, 7) is 7.31. The molecule has 0 spiro atoms. The average Bonchev–Trinajstić information content (AvgIpc) is 2.02. The second-order valence-electron chi connectivity index (χ2n) is 4.04. The lowest BCUT2D eigenvalue weighted by Gasteiger charge is -2.33. The first-order valence-corrected chi connectivity index (χ1v) is 4.84. The molecule has 0 aliphatic carbocycles. The molecule has 0 aliphatic rings. The van der Waals surface area contributed by atoms with E-state index >= 15 is 0 Å². The van der Waals surface area contributed by atoms with E-state index in [2.05, 4.69) is 5.32 Å². The largest absolute Gasteiger partial charge is 0.481 e. The standard InChI is InChI=1S/C10H19NO3/c1-5-8(12)11-10(4,7(2)3)6-9(13)14/h7H,5-6H2,1-4H3,(H,11,12)(H,13,14). The van der Waals surface area contributed by atoms with Gasteiger partial charge < -0.3 is 10.4 Å². The van der Waals surface area contributed by atoms with Crippen molar-refractivity contribution in [2.24, 2.45) is 5.92 Å². The van der Waals surface area contributed by atoms with Crippen LogP contribution in [0.2, 0.25) is 0 Å². The molecule has 1 atom stereocenters. The number of carboxylic acid groups (broad SMARTS) is 1. The Morgan fingerprint density at radius 3 is 2.21 bits per heavy atom. The van der Waals surface area contributed by atoms with Gasteiger partial charge in [-0.1, -0.05) is 20.8 Å². The molecule has 0 heterocycles. The molecule has 0 aromatic carbocycles. The van der Waals surface area contributed by atoms with E-state index < -0.39 is 11.5 Å². The van der Waals surface area contributed by atoms with Crippen molar-refractivity contribution in [3.63, 3.8) is 0 Å². The third kappa shape index (κ3) is 3.77. The molecule has 82 valence electrons. The fourth-order valence-corrected chi connectivity index (χ4v) is 1.11. The molecule has 0 radical (unpaired) electrons. The van der Waals surface area contributed by atoms with Crippen LogP contribution in [0.5, 0.6) is 0 Å². The Balaban J connectivity index is 4.55. The summed E-state index contributed by atoms with van der Waals surface area (Å²) in [7, 11) is 0. The Labute approximate surface area is 84.7 Å². The maximum Gasteiger partial charge on any atom is 0.305 e. The second kappa shape index (κ2) is 4.98. The predicted octanol–water partition coefficient (Wildman–Crippen LogP) is 1.40. The molecule has 0 aromatic rings. The first kappa shape index (κ1) is 12.9. The topological polar surface area (TPSA) is 66.4 Å². The van der Waals surface area contributed by atoms with E-state index in [-0.39, 0.29) is 18.2 Å². The Morgan fingerprint density at radius 2 is 1.93 bits per heavy atom. The minimum atomic E-state index is -0.891. The molecule has 0 saturated carbocycles. The molecule has 1 amide bonds. The number of amides is 1. The van der Waals surface area contributed by atoms with Crippen LogP contribution in [0.25, 0.3) is 0 Å². The Hall–Kier alpha value is -1.06. The number of hydrogen-bond acceptors (Lipinski definition) is 2. The predicted molar refractivity (Wildman–Crippen MR) is 53.9 cm³/mol. The number of nitrogens with one attached hydrogen (secondary N) is 1. The van der Waals surface area contributed by atoms with Gasteiger partial charge in [0.2, 0.25) is 5.91 Å². The molecule has 0 bridgehead atoms. The van der Waals surface area contributed by atoms with Crippen molar-refractivity contribution >= 4 is 11.9 Å². The monoisotopic (exact) mass is 201 g/mol. The van der Waals surface area contributed by atoms with Crippen LogP contribution in [0.4, 0.5) is 0 Å². The van der Waals surface area contributed by atoms with E-state index in [1.165, 1.54) is 0 Å². The Morgan fingerprint density at radius 1 is 1.43 bits per heavy atom. The quantitative estimate of drug-likeness (QED) is 0.706. The highest BCUT2D eigenvalue weighted by molar-refractivity contribution is 5.78. The van der Waals surface area contributed by atoms with E-state index in [9.17, 15) is 9.59 Å². The van der Waals surface area contributed by atoms with Crippen molar-refractivity contribution in [2.75, 3.05) is 0 Å². The number of aliphatic carboxylic acids is 1. The second-order valence-corrected chi connectivity index (χ2v) is 4.04. The summed E-state index contributed by atoms with van der Waals surface area (Å²) in [6, 6.07) is 0. The molecule has 0 fully saturated rings. The number of rotatable bonds is 5. The van der Waals surface area contributed by atoms with Crippen molar-refractivity contribution in [1.29, 1.82) is 0 Å². The maximum atomic E-state index is 11.2. The summed E-state index contributed by atoms with van der Waals surface area (Å²) >= 11 is 0. The average molecular weight is 201 g/mol. The fourth-order valence-electron chi connectivity index (χ4n) is 1.11. The lowest BCUT2D eigenvalue weighted by Crippen LogP contribution is -2.51. The zero-order valence-electron chi connectivity index (χ0n) is 9.26. The summed E-state index contributed by atoms with van der Waals surface area (Å²) in [5.74, 6) is -0.908. The van der Waals surface area contributed by atoms with E-state index in [0.29, 0.717) is 6.42 Å². The highest BCUT2D eigenvalue weighted by Gasteiger charge is 2.32. The molecule has 2 N–H and O–H groups in total. The maximum absolute atomic E-state index is 11.2. The van der Waals surface area contributed by atoms with E-state index in [0.717, 1.165) is 0 Å². The first-order valence-electron chi connectivity index (χ1n) is 4.84. The molecule has 14 heavy (non-hydrogen) atoms. The minimum absolute atomic E-state index is 0.0452. The molecule has 0 saturated heterocycles. The van der Waals surface area contributed by atoms with Gasteiger partial charge in [-0.05, 0) is 12.8 Å². The molecule has 0 aliphatic heterocycles. The van der Waals surface area contributed by atoms with Gasteiger partial charge in [-0.15, -0.1) is 0 Å². The van der Waals surface area contributed by atoms with Crippen LogP contribution in [0.1, 0.15) is 40.5 Å². The van der Waals surface area contributed by atoms with Gasteiger partial charge in [-0.25, -0.2) is 0 Å². The van der Waals surface area contributed by atoms with Crippen molar-refractivity contribution in [3.05, 3.63) is 0 Å². The molecule has 4 nitrogen and oxygen atoms in total. The Kier molecular flexibility index (Phi) is 4.60. The molecule has 1 unspecified atom stereocenters. The molecular formula is C10H19NO3. The van der Waals surface area contributed by atoms with E-state index in [1.807, 2.05) is 13.8 Å². The zero-order chi connectivity index (χ0) is 11.4. The third-order valence-corrected chi connectivity index (χ3v) is 2.54. The zero-order valence-corrected chi connectivity index (χ0v) is 9.26. The highest BCUT2D eigenvalue weighted by atomic mass is 16.4. The Bertz CT molecular complexity index is 225. The molecule has 0 aromatic heterocycles. The van der Waals surface area contributed by atoms with Crippen LogP contribution in [-0.4, -0.2) is 22.5 Å². The molecule has 0 rings (SSSR count). The van der Waals surface area contributed by atoms with Crippen molar-refractivity contribution in [1.82, 2.24) is 5.32 Å². The lowest BCUT2D eigenvalue weighted by molar-refractivity contribution is -0.139. The van der Waals surface area contributed by atoms with Crippen LogP contribution in [0.15, 0.2) is 0 Å². The van der Waals surface area contributed by atoms with Gasteiger partial charge in [0, 0.05) is 12.0 Å². The number of carboxylic acids is 1. The van der Waals surface area contributed by atoms with Crippen LogP contribution >= 0.6 is 0 Å². The SMILES string of the molecule is CCC(=O)NC(C)(CC(=O)O)C(C)C. The van der Waals surface area contributed by atoms with E-state index in [1.54, 1.807) is 13.8 Å². The van der Waals surface area contributed by atoms with E-state index in [4.69, 9.17) is 5.11 Å². The van der Waals surface area contributed by atoms with Crippen molar-refractivity contribution in [3.8, 4) is 0 Å². The third-order valence-electron chi connectivity index (χ3n) is 2.54. The van der Waals surface area contributed by atoms with Gasteiger partial charge in [-0.2, -0.15) is 0 Å². The van der Waals surface area contributed by atoms with Crippen LogP contribution in [0.3, 0.4) is 0 Å². The van der Waals surface area contributed by atoms with Crippen molar-refractivity contribution in [2.45, 2.75) is 46.1 Å². The molecular weight excluding hydrogens is 182 g/mol. The summed E-state index contributed by atoms with van der Waals surface area (Å²) in [5.41, 5.74) is -0.654. The summed E-state index contributed by atoms with van der Waals surface area (Å²) < 4.78 is 0. The van der Waals surface area contributed by atoms with Gasteiger partial charge in [-0.3, -0.25) is 9.59 Å². The normalized spacial score (nSPS) is 14.9. The number of hydrogen-bond donors (Lipinski definition) is 2. The highest BCUT2D eigenvalue weighted by Crippen LogP contribution is 2.20. The van der Waals surface area contributed by atoms with Crippen LogP contribution in [-0.2, 0) is 9.59 Å². The fraction of sp³-hybridized carbons (Fsp3) is 0.800. The number of carbonyl (C=O) groups is 2. The summed E-state index contributed by atoms with van der Waals surface area (Å²) in [4.78, 5) is 21.8. The van der Waals surface area contributed by atoms with Gasteiger partial charge in [0.15, 0.2) is 0 Å². The van der Waals surface area contributed by atoms with Gasteiger partial charge >= 0.3 is 5.97 Å². The van der Waals surface area contributed by atoms with Crippen LogP contribution in [0, 0.1) is 5.92 Å². The smallest absolute Gasteiger partial charge is 0.305 e. The number of carbonyl (C=O) groups excluding carboxylic acids is 1. The minimum Gasteiger partial charge on any atom is -0.481 e. The lowest BCUT2D eigenvalue weighted by atomic mass is 9.85.